The summed E-state index contributed by atoms with van der Waals surface area (Å²) < 4.78 is 0. The van der Waals surface area contributed by atoms with E-state index in [1.807, 2.05) is 0 Å². The van der Waals surface area contributed by atoms with Gasteiger partial charge in [-0.1, -0.05) is 69.9 Å². The lowest BCUT2D eigenvalue weighted by Gasteiger charge is -2.07. The second-order valence-corrected chi connectivity index (χ2v) is 6.23. The number of nitrogens with two attached hydrogens (primary N) is 1. The third-order valence-corrected chi connectivity index (χ3v) is 4.17. The van der Waals surface area contributed by atoms with Crippen LogP contribution in [0.4, 0.5) is 5.69 Å². The summed E-state index contributed by atoms with van der Waals surface area (Å²) in [5.74, 6) is -0.0806. The van der Waals surface area contributed by atoms with E-state index in [1.165, 1.54) is 51.4 Å². The van der Waals surface area contributed by atoms with E-state index >= 15 is 0 Å². The highest BCUT2D eigenvalue weighted by atomic mass is 35.5. The lowest BCUT2D eigenvalue weighted by Crippen LogP contribution is -2.24. The van der Waals surface area contributed by atoms with Gasteiger partial charge in [-0.25, -0.2) is 0 Å². The molecule has 0 unspecified atom stereocenters. The SMILES string of the molecule is CCCCCCCCCCCNC(=O)c1ccc(Cl)c(N)c1. The van der Waals surface area contributed by atoms with Crippen molar-refractivity contribution in [2.75, 3.05) is 12.3 Å². The fourth-order valence-corrected chi connectivity index (χ4v) is 2.54. The lowest BCUT2D eigenvalue weighted by molar-refractivity contribution is 0.0953. The fraction of sp³-hybridized carbons (Fsp3) is 0.611. The van der Waals surface area contributed by atoms with E-state index in [0.29, 0.717) is 16.3 Å². The van der Waals surface area contributed by atoms with Crippen molar-refractivity contribution in [3.8, 4) is 0 Å². The van der Waals surface area contributed by atoms with Crippen molar-refractivity contribution in [1.82, 2.24) is 5.32 Å². The Hall–Kier alpha value is -1.22. The second-order valence-electron chi connectivity index (χ2n) is 5.82. The van der Waals surface area contributed by atoms with Gasteiger partial charge in [0.2, 0.25) is 0 Å². The largest absolute Gasteiger partial charge is 0.398 e. The van der Waals surface area contributed by atoms with E-state index in [4.69, 9.17) is 17.3 Å². The summed E-state index contributed by atoms with van der Waals surface area (Å²) in [6.45, 7) is 2.96. The number of nitrogens with one attached hydrogen (secondary N) is 1. The van der Waals surface area contributed by atoms with Crippen LogP contribution in [0.5, 0.6) is 0 Å². The Labute approximate surface area is 139 Å². The third kappa shape index (κ3) is 7.69. The van der Waals surface area contributed by atoms with E-state index in [-0.39, 0.29) is 5.91 Å². The Balaban J connectivity index is 2.04. The number of amides is 1. The molecule has 0 saturated heterocycles. The third-order valence-electron chi connectivity index (χ3n) is 3.82. The summed E-state index contributed by atoms with van der Waals surface area (Å²) >= 11 is 5.84. The molecule has 1 aromatic rings. The van der Waals surface area contributed by atoms with Crippen LogP contribution < -0.4 is 11.1 Å². The molecule has 0 aliphatic carbocycles. The van der Waals surface area contributed by atoms with Gasteiger partial charge in [-0.05, 0) is 24.6 Å². The highest BCUT2D eigenvalue weighted by molar-refractivity contribution is 6.33. The van der Waals surface area contributed by atoms with Gasteiger partial charge in [0.1, 0.15) is 0 Å². The number of benzene rings is 1. The van der Waals surface area contributed by atoms with E-state index in [2.05, 4.69) is 12.2 Å². The lowest BCUT2D eigenvalue weighted by atomic mass is 10.1. The number of anilines is 1. The van der Waals surface area contributed by atoms with Gasteiger partial charge in [0.15, 0.2) is 0 Å². The maximum atomic E-state index is 11.9. The molecule has 1 aromatic carbocycles. The first-order valence-corrected chi connectivity index (χ1v) is 8.86. The number of carbonyl (C=O) groups excluding carboxylic acids is 1. The molecule has 0 radical (unpaired) electrons. The highest BCUT2D eigenvalue weighted by Gasteiger charge is 2.06. The number of nitrogen functional groups attached to an aromatic ring is 1. The topological polar surface area (TPSA) is 55.1 Å². The number of unbranched alkanes of at least 4 members (excludes halogenated alkanes) is 8. The van der Waals surface area contributed by atoms with Crippen molar-refractivity contribution in [2.24, 2.45) is 0 Å². The smallest absolute Gasteiger partial charge is 0.251 e. The van der Waals surface area contributed by atoms with Crippen LogP contribution in [0, 0.1) is 0 Å². The predicted octanol–water partition coefficient (Wildman–Crippen LogP) is 5.18. The molecule has 1 rings (SSSR count). The zero-order valence-corrected chi connectivity index (χ0v) is 14.4. The van der Waals surface area contributed by atoms with Gasteiger partial charge in [-0.15, -0.1) is 0 Å². The Morgan fingerprint density at radius 1 is 1.05 bits per heavy atom. The number of hydrogen-bond acceptors (Lipinski definition) is 2. The van der Waals surface area contributed by atoms with Gasteiger partial charge >= 0.3 is 0 Å². The van der Waals surface area contributed by atoms with E-state index < -0.39 is 0 Å². The van der Waals surface area contributed by atoms with Crippen LogP contribution in [-0.4, -0.2) is 12.5 Å². The Morgan fingerprint density at radius 2 is 1.64 bits per heavy atom. The van der Waals surface area contributed by atoms with E-state index in [1.54, 1.807) is 18.2 Å². The molecule has 3 N–H and O–H groups in total. The minimum absolute atomic E-state index is 0.0806. The van der Waals surface area contributed by atoms with E-state index in [0.717, 1.165) is 13.0 Å². The molecule has 0 aliphatic heterocycles. The summed E-state index contributed by atoms with van der Waals surface area (Å²) in [7, 11) is 0. The molecule has 0 atom stereocenters. The molecule has 0 heterocycles. The summed E-state index contributed by atoms with van der Waals surface area (Å²) in [6, 6.07) is 4.97. The molecule has 4 heteroatoms. The number of halogens is 1. The van der Waals surface area contributed by atoms with Crippen LogP contribution in [0.2, 0.25) is 5.02 Å². The Kier molecular flexibility index (Phi) is 9.72. The van der Waals surface area contributed by atoms with E-state index in [9.17, 15) is 4.79 Å². The zero-order valence-electron chi connectivity index (χ0n) is 13.7. The number of carbonyl (C=O) groups is 1. The molecule has 22 heavy (non-hydrogen) atoms. The van der Waals surface area contributed by atoms with Crippen LogP contribution in [0.3, 0.4) is 0 Å². The summed E-state index contributed by atoms with van der Waals surface area (Å²) in [4.78, 5) is 11.9. The maximum Gasteiger partial charge on any atom is 0.251 e. The van der Waals surface area contributed by atoms with Crippen molar-refractivity contribution in [3.05, 3.63) is 28.8 Å². The van der Waals surface area contributed by atoms with Crippen LogP contribution in [0.25, 0.3) is 0 Å². The van der Waals surface area contributed by atoms with Crippen LogP contribution in [-0.2, 0) is 0 Å². The van der Waals surface area contributed by atoms with Crippen molar-refractivity contribution >= 4 is 23.2 Å². The minimum atomic E-state index is -0.0806. The minimum Gasteiger partial charge on any atom is -0.398 e. The van der Waals surface area contributed by atoms with Crippen LogP contribution in [0.15, 0.2) is 18.2 Å². The standard InChI is InChI=1S/C18H29ClN2O/c1-2-3-4-5-6-7-8-9-10-13-21-18(22)15-11-12-16(19)17(20)14-15/h11-12,14H,2-10,13,20H2,1H3,(H,21,22). The molecule has 124 valence electrons. The molecule has 0 fully saturated rings. The molecule has 3 nitrogen and oxygen atoms in total. The normalized spacial score (nSPS) is 10.6. The quantitative estimate of drug-likeness (QED) is 0.435. The number of rotatable bonds is 11. The van der Waals surface area contributed by atoms with Gasteiger partial charge in [-0.2, -0.15) is 0 Å². The molecular formula is C18H29ClN2O. The van der Waals surface area contributed by atoms with Gasteiger partial charge in [0, 0.05) is 12.1 Å². The fourth-order valence-electron chi connectivity index (χ4n) is 2.42. The van der Waals surface area contributed by atoms with Crippen molar-refractivity contribution < 1.29 is 4.79 Å². The average Bonchev–Trinajstić information content (AvgIpc) is 2.51. The van der Waals surface area contributed by atoms with Crippen LogP contribution in [0.1, 0.15) is 75.1 Å². The first kappa shape index (κ1) is 18.8. The molecule has 0 spiro atoms. The highest BCUT2D eigenvalue weighted by Crippen LogP contribution is 2.19. The summed E-state index contributed by atoms with van der Waals surface area (Å²) in [6.07, 6.45) is 11.5. The van der Waals surface area contributed by atoms with Crippen molar-refractivity contribution in [1.29, 1.82) is 0 Å². The summed E-state index contributed by atoms with van der Waals surface area (Å²) in [5, 5.41) is 3.41. The van der Waals surface area contributed by atoms with Crippen molar-refractivity contribution in [2.45, 2.75) is 64.7 Å². The van der Waals surface area contributed by atoms with Gasteiger partial charge in [-0.3, -0.25) is 4.79 Å². The Morgan fingerprint density at radius 3 is 2.23 bits per heavy atom. The molecular weight excluding hydrogens is 296 g/mol. The maximum absolute atomic E-state index is 11.9. The summed E-state index contributed by atoms with van der Waals surface area (Å²) in [5.41, 5.74) is 6.71. The molecule has 0 aromatic heterocycles. The first-order chi connectivity index (χ1) is 10.6. The first-order valence-electron chi connectivity index (χ1n) is 8.48. The predicted molar refractivity (Wildman–Crippen MR) is 95.4 cm³/mol. The zero-order chi connectivity index (χ0) is 16.2. The van der Waals surface area contributed by atoms with Gasteiger partial charge in [0.05, 0.1) is 10.7 Å². The van der Waals surface area contributed by atoms with Crippen LogP contribution >= 0.6 is 11.6 Å². The molecule has 0 aliphatic rings. The molecule has 1 amide bonds. The Bertz CT molecular complexity index is 449. The van der Waals surface area contributed by atoms with Gasteiger partial charge in [0.25, 0.3) is 5.91 Å². The molecule has 0 saturated carbocycles. The van der Waals surface area contributed by atoms with Gasteiger partial charge < -0.3 is 11.1 Å². The number of hydrogen-bond donors (Lipinski definition) is 2. The van der Waals surface area contributed by atoms with Crippen molar-refractivity contribution in [3.63, 3.8) is 0 Å². The average molecular weight is 325 g/mol. The molecule has 0 bridgehead atoms. The monoisotopic (exact) mass is 324 g/mol. The second kappa shape index (κ2) is 11.4.